The highest BCUT2D eigenvalue weighted by Gasteiger charge is 2.41. The Morgan fingerprint density at radius 3 is 2.03 bits per heavy atom. The Morgan fingerprint density at radius 2 is 1.30 bits per heavy atom. The van der Waals surface area contributed by atoms with Crippen molar-refractivity contribution < 1.29 is 0 Å². The van der Waals surface area contributed by atoms with Crippen molar-refractivity contribution in [2.24, 2.45) is 0 Å². The maximum atomic E-state index is 6.45. The van der Waals surface area contributed by atoms with Gasteiger partial charge in [-0.25, -0.2) is 4.98 Å². The number of aromatic nitrogens is 1. The summed E-state index contributed by atoms with van der Waals surface area (Å²) in [4.78, 5) is 5.19. The first-order valence-corrected chi connectivity index (χ1v) is 10.3. The van der Waals surface area contributed by atoms with Gasteiger partial charge in [0.2, 0.25) is 0 Å². The van der Waals surface area contributed by atoms with Crippen molar-refractivity contribution in [3.05, 3.63) is 47.5 Å². The second-order valence-electron chi connectivity index (χ2n) is 8.62. The molecule has 0 amide bonds. The quantitative estimate of drug-likeness (QED) is 0.349. The zero-order chi connectivity index (χ0) is 20.7. The first-order chi connectivity index (χ1) is 14.5. The van der Waals surface area contributed by atoms with Gasteiger partial charge >= 0.3 is 0 Å². The largest absolute Gasteiger partial charge is 0.247 e. The molecule has 2 aliphatic rings. The molecule has 2 bridgehead atoms. The fourth-order valence-corrected chi connectivity index (χ4v) is 5.69. The molecule has 4 aromatic rings. The van der Waals surface area contributed by atoms with E-state index in [1.165, 1.54) is 22.9 Å². The van der Waals surface area contributed by atoms with Crippen molar-refractivity contribution in [1.82, 2.24) is 4.98 Å². The average molecular weight is 370 g/mol. The van der Waals surface area contributed by atoms with Crippen molar-refractivity contribution in [2.75, 3.05) is 0 Å². The second-order valence-corrected chi connectivity index (χ2v) is 8.62. The van der Waals surface area contributed by atoms with Crippen LogP contribution in [0.15, 0.2) is 36.4 Å². The Hall–Kier alpha value is -2.35. The summed E-state index contributed by atoms with van der Waals surface area (Å²) < 4.78 is 0. The molecule has 6 heteroatoms. The van der Waals surface area contributed by atoms with Gasteiger partial charge in [0, 0.05) is 10.8 Å². The summed E-state index contributed by atoms with van der Waals surface area (Å²) in [5.74, 6) is 1.00. The number of nitrogens with zero attached hydrogens (tertiary/aromatic N) is 1. The van der Waals surface area contributed by atoms with E-state index in [0.29, 0.717) is 28.3 Å². The third-order valence-electron chi connectivity index (χ3n) is 7.14. The smallest absolute Gasteiger partial charge is 0.113 e. The molecule has 0 N–H and O–H groups in total. The van der Waals surface area contributed by atoms with Crippen molar-refractivity contribution in [2.45, 2.75) is 31.1 Å². The van der Waals surface area contributed by atoms with Crippen molar-refractivity contribution in [1.29, 1.82) is 0 Å². The van der Waals surface area contributed by atoms with Crippen LogP contribution in [0.2, 0.25) is 0 Å². The van der Waals surface area contributed by atoms with Crippen molar-refractivity contribution in [3.63, 3.8) is 0 Å². The zero-order valence-electron chi connectivity index (χ0n) is 16.6. The van der Waals surface area contributed by atoms with E-state index in [1.54, 1.807) is 0 Å². The molecular weight excluding hydrogens is 356 g/mol. The van der Waals surface area contributed by atoms with E-state index < -0.39 is 0 Å². The highest BCUT2D eigenvalue weighted by molar-refractivity contribution is 6.68. The number of fused-ring (bicyclic) bond motifs is 9. The van der Waals surface area contributed by atoms with Crippen molar-refractivity contribution >= 4 is 88.2 Å². The van der Waals surface area contributed by atoms with E-state index in [4.69, 9.17) is 44.2 Å². The minimum absolute atomic E-state index is 0.234. The molecule has 2 unspecified atom stereocenters. The standard InChI is InChI=1S/C24H14B5N/c25-18-17(19(26)21(28)22(29)20(18)27)24-16-12-6-5-11(9-12)15(16)14-8-7-10-3-1-2-4-13(10)23(14)30-24/h1-4,7-8,11-12H,5-6,9H2. The highest BCUT2D eigenvalue weighted by atomic mass is 14.7. The molecule has 1 fully saturated rings. The van der Waals surface area contributed by atoms with Gasteiger partial charge in [0.15, 0.2) is 0 Å². The van der Waals surface area contributed by atoms with E-state index in [9.17, 15) is 0 Å². The van der Waals surface area contributed by atoms with Crippen LogP contribution >= 0.6 is 0 Å². The summed E-state index contributed by atoms with van der Waals surface area (Å²) in [5, 5.41) is 3.51. The summed E-state index contributed by atoms with van der Waals surface area (Å²) >= 11 is 0. The molecular formula is C24H14B5N. The number of hydrogen-bond acceptors (Lipinski definition) is 1. The van der Waals surface area contributed by atoms with Gasteiger partial charge in [0.05, 0.1) is 11.2 Å². The maximum absolute atomic E-state index is 6.45. The molecule has 1 aromatic heterocycles. The first kappa shape index (κ1) is 18.4. The van der Waals surface area contributed by atoms with Gasteiger partial charge < -0.3 is 0 Å². The fourth-order valence-electron chi connectivity index (χ4n) is 5.69. The molecule has 1 nitrogen and oxygen atoms in total. The molecule has 1 saturated carbocycles. The lowest BCUT2D eigenvalue weighted by Crippen LogP contribution is -2.55. The molecule has 10 radical (unpaired) electrons. The van der Waals surface area contributed by atoms with E-state index >= 15 is 0 Å². The van der Waals surface area contributed by atoms with Gasteiger partial charge in [-0.15, -0.1) is 16.4 Å². The average Bonchev–Trinajstić information content (AvgIpc) is 3.39. The lowest BCUT2D eigenvalue weighted by atomic mass is 9.59. The molecule has 3 aromatic carbocycles. The van der Waals surface area contributed by atoms with Crippen LogP contribution in [0.1, 0.15) is 42.2 Å². The van der Waals surface area contributed by atoms with Crippen LogP contribution in [0.3, 0.4) is 0 Å². The van der Waals surface area contributed by atoms with Crippen LogP contribution in [0.25, 0.3) is 32.9 Å². The monoisotopic (exact) mass is 371 g/mol. The van der Waals surface area contributed by atoms with E-state index in [0.717, 1.165) is 34.8 Å². The summed E-state index contributed by atoms with van der Waals surface area (Å²) in [6.07, 6.45) is 3.51. The Morgan fingerprint density at radius 1 is 0.667 bits per heavy atom. The summed E-state index contributed by atoms with van der Waals surface area (Å²) in [5.41, 5.74) is 6.56. The molecule has 6 rings (SSSR count). The minimum Gasteiger partial charge on any atom is -0.247 e. The topological polar surface area (TPSA) is 12.9 Å². The van der Waals surface area contributed by atoms with Crippen LogP contribution in [0.4, 0.5) is 0 Å². The fraction of sp³-hybridized carbons (Fsp3) is 0.208. The lowest BCUT2D eigenvalue weighted by molar-refractivity contribution is 0.721. The molecule has 0 spiro atoms. The van der Waals surface area contributed by atoms with Gasteiger partial charge in [-0.2, -0.15) is 0 Å². The number of pyridine rings is 1. The van der Waals surface area contributed by atoms with Gasteiger partial charge in [0.1, 0.15) is 39.2 Å². The van der Waals surface area contributed by atoms with Crippen molar-refractivity contribution in [3.8, 4) is 11.3 Å². The Kier molecular flexibility index (Phi) is 3.89. The first-order valence-electron chi connectivity index (χ1n) is 10.3. The predicted octanol–water partition coefficient (Wildman–Crippen LogP) is 0.389. The Labute approximate surface area is 183 Å². The lowest BCUT2D eigenvalue weighted by Gasteiger charge is -2.26. The van der Waals surface area contributed by atoms with Crippen LogP contribution in [0, 0.1) is 0 Å². The highest BCUT2D eigenvalue weighted by Crippen LogP contribution is 2.57. The van der Waals surface area contributed by atoms with Crippen LogP contribution in [-0.2, 0) is 0 Å². The van der Waals surface area contributed by atoms with Crippen LogP contribution in [-0.4, -0.2) is 44.2 Å². The number of benzene rings is 3. The van der Waals surface area contributed by atoms with Gasteiger partial charge in [-0.1, -0.05) is 47.3 Å². The SMILES string of the molecule is [B]c1c([B])c([B])c(-c2nc3c(ccc4ccccc43)c3c2C2CCC3C2)c([B])c1[B]. The molecule has 0 aliphatic heterocycles. The Balaban J connectivity index is 1.81. The van der Waals surface area contributed by atoms with E-state index in [1.807, 2.05) is 12.1 Å². The summed E-state index contributed by atoms with van der Waals surface area (Å²) in [6, 6.07) is 12.7. The maximum Gasteiger partial charge on any atom is 0.113 e. The molecule has 1 heterocycles. The zero-order valence-corrected chi connectivity index (χ0v) is 16.6. The van der Waals surface area contributed by atoms with E-state index in [2.05, 4.69) is 24.3 Å². The molecule has 2 atom stereocenters. The normalized spacial score (nSPS) is 19.6. The van der Waals surface area contributed by atoms with Gasteiger partial charge in [0.25, 0.3) is 0 Å². The van der Waals surface area contributed by atoms with Gasteiger partial charge in [-0.05, 0) is 53.2 Å². The van der Waals surface area contributed by atoms with Crippen LogP contribution in [0.5, 0.6) is 0 Å². The van der Waals surface area contributed by atoms with Gasteiger partial charge in [-0.3, -0.25) is 0 Å². The molecule has 0 saturated heterocycles. The molecule has 2 aliphatic carbocycles. The third-order valence-corrected chi connectivity index (χ3v) is 7.14. The summed E-state index contributed by atoms with van der Waals surface area (Å²) in [6.45, 7) is 0. The number of hydrogen-bond donors (Lipinski definition) is 0. The predicted molar refractivity (Wildman–Crippen MR) is 131 cm³/mol. The summed E-state index contributed by atoms with van der Waals surface area (Å²) in [7, 11) is 31.3. The minimum atomic E-state index is 0.234. The third kappa shape index (κ3) is 2.28. The Bertz CT molecular complexity index is 1370. The van der Waals surface area contributed by atoms with Crippen LogP contribution < -0.4 is 27.3 Å². The molecule has 130 valence electrons. The number of rotatable bonds is 1. The second kappa shape index (κ2) is 6.33. The molecule has 30 heavy (non-hydrogen) atoms. The van der Waals surface area contributed by atoms with E-state index in [-0.39, 0.29) is 16.4 Å².